The minimum absolute atomic E-state index is 0. The van der Waals surface area contributed by atoms with Crippen molar-refractivity contribution in [2.75, 3.05) is 19.7 Å². The second-order valence-electron chi connectivity index (χ2n) is 7.42. The van der Waals surface area contributed by atoms with Crippen LogP contribution in [0.2, 0.25) is 0 Å². The minimum Gasteiger partial charge on any atom is -0.376 e. The van der Waals surface area contributed by atoms with Gasteiger partial charge in [0.15, 0.2) is 5.96 Å². The zero-order valence-corrected chi connectivity index (χ0v) is 19.8. The quantitative estimate of drug-likeness (QED) is 0.290. The Labute approximate surface area is 186 Å². The maximum Gasteiger partial charge on any atom is 0.251 e. The van der Waals surface area contributed by atoms with E-state index in [0.717, 1.165) is 37.5 Å². The highest BCUT2D eigenvalue weighted by Gasteiger charge is 2.16. The number of benzene rings is 1. The molecule has 3 N–H and O–H groups in total. The van der Waals surface area contributed by atoms with E-state index in [2.05, 4.69) is 48.6 Å². The van der Waals surface area contributed by atoms with Gasteiger partial charge in [-0.25, -0.2) is 4.99 Å². The summed E-state index contributed by atoms with van der Waals surface area (Å²) >= 11 is 0. The summed E-state index contributed by atoms with van der Waals surface area (Å²) < 4.78 is 5.55. The normalized spacial score (nSPS) is 17.8. The summed E-state index contributed by atoms with van der Waals surface area (Å²) in [5.41, 5.74) is 1.67. The maximum absolute atomic E-state index is 12.4. The van der Waals surface area contributed by atoms with Gasteiger partial charge in [-0.1, -0.05) is 26.0 Å². The van der Waals surface area contributed by atoms with Crippen LogP contribution >= 0.6 is 24.0 Å². The van der Waals surface area contributed by atoms with E-state index < -0.39 is 0 Å². The van der Waals surface area contributed by atoms with E-state index in [1.807, 2.05) is 24.3 Å². The van der Waals surface area contributed by atoms with Crippen LogP contribution in [0.25, 0.3) is 0 Å². The fraction of sp³-hybridized carbons (Fsp3) is 0.619. The first kappa shape index (κ1) is 24.7. The third-order valence-corrected chi connectivity index (χ3v) is 4.83. The van der Waals surface area contributed by atoms with Gasteiger partial charge in [0.1, 0.15) is 0 Å². The number of carbonyl (C=O) groups excluding carboxylic acids is 1. The fourth-order valence-electron chi connectivity index (χ4n) is 2.80. The Kier molecular flexibility index (Phi) is 11.4. The van der Waals surface area contributed by atoms with Crippen LogP contribution in [0.5, 0.6) is 0 Å². The predicted molar refractivity (Wildman–Crippen MR) is 125 cm³/mol. The first-order chi connectivity index (χ1) is 13.0. The van der Waals surface area contributed by atoms with Gasteiger partial charge in [-0.05, 0) is 50.3 Å². The number of nitrogens with one attached hydrogen (secondary N) is 3. The molecule has 28 heavy (non-hydrogen) atoms. The number of hydrogen-bond acceptors (Lipinski definition) is 3. The molecule has 1 heterocycles. The number of ether oxygens (including phenoxy) is 1. The van der Waals surface area contributed by atoms with Gasteiger partial charge in [-0.2, -0.15) is 0 Å². The van der Waals surface area contributed by atoms with Gasteiger partial charge < -0.3 is 20.7 Å². The molecule has 0 spiro atoms. The van der Waals surface area contributed by atoms with Gasteiger partial charge in [0, 0.05) is 31.3 Å². The molecular formula is C21H35IN4O2. The van der Waals surface area contributed by atoms with Gasteiger partial charge in [-0.3, -0.25) is 4.79 Å². The molecule has 158 valence electrons. The molecule has 1 fully saturated rings. The molecule has 1 saturated heterocycles. The van der Waals surface area contributed by atoms with Gasteiger partial charge in [0.05, 0.1) is 12.6 Å². The average molecular weight is 502 g/mol. The summed E-state index contributed by atoms with van der Waals surface area (Å²) in [4.78, 5) is 17.0. The van der Waals surface area contributed by atoms with Crippen molar-refractivity contribution in [1.29, 1.82) is 0 Å². The van der Waals surface area contributed by atoms with Crippen LogP contribution in [0, 0.1) is 5.92 Å². The summed E-state index contributed by atoms with van der Waals surface area (Å²) in [5, 5.41) is 9.66. The van der Waals surface area contributed by atoms with Crippen molar-refractivity contribution >= 4 is 35.8 Å². The van der Waals surface area contributed by atoms with Gasteiger partial charge in [0.25, 0.3) is 5.91 Å². The lowest BCUT2D eigenvalue weighted by molar-refractivity contribution is 0.0857. The lowest BCUT2D eigenvalue weighted by atomic mass is 10.1. The largest absolute Gasteiger partial charge is 0.376 e. The summed E-state index contributed by atoms with van der Waals surface area (Å²) in [7, 11) is 0. The van der Waals surface area contributed by atoms with E-state index in [9.17, 15) is 4.79 Å². The van der Waals surface area contributed by atoms with Crippen LogP contribution in [0.1, 0.15) is 56.5 Å². The molecule has 0 saturated carbocycles. The molecule has 0 radical (unpaired) electrons. The van der Waals surface area contributed by atoms with Crippen LogP contribution in [0.3, 0.4) is 0 Å². The van der Waals surface area contributed by atoms with Crippen LogP contribution in [0.4, 0.5) is 0 Å². The van der Waals surface area contributed by atoms with E-state index in [1.165, 1.54) is 0 Å². The number of aliphatic imine (C=N–C) groups is 1. The first-order valence-corrected chi connectivity index (χ1v) is 10.0. The van der Waals surface area contributed by atoms with E-state index in [0.29, 0.717) is 30.6 Å². The third-order valence-electron chi connectivity index (χ3n) is 4.83. The zero-order valence-electron chi connectivity index (χ0n) is 17.5. The number of hydrogen-bond donors (Lipinski definition) is 3. The van der Waals surface area contributed by atoms with Crippen LogP contribution < -0.4 is 16.0 Å². The molecule has 2 unspecified atom stereocenters. The number of halogens is 1. The lowest BCUT2D eigenvalue weighted by Gasteiger charge is -2.20. The average Bonchev–Trinajstić information content (AvgIpc) is 3.18. The highest BCUT2D eigenvalue weighted by Crippen LogP contribution is 2.11. The second kappa shape index (κ2) is 13.0. The molecule has 7 heteroatoms. The SMILES string of the molecule is CCNC(=NCc1cccc(C(=O)NCC2CCCO2)c1)NC(C)C(C)C.I. The Morgan fingerprint density at radius 2 is 2.07 bits per heavy atom. The number of amides is 1. The molecule has 0 aliphatic carbocycles. The van der Waals surface area contributed by atoms with Crippen LogP contribution in [-0.4, -0.2) is 43.7 Å². The monoisotopic (exact) mass is 502 g/mol. The summed E-state index contributed by atoms with van der Waals surface area (Å²) in [5.74, 6) is 1.26. The van der Waals surface area contributed by atoms with Crippen molar-refractivity contribution in [3.8, 4) is 0 Å². The Morgan fingerprint density at radius 1 is 1.29 bits per heavy atom. The molecule has 1 aromatic carbocycles. The van der Waals surface area contributed by atoms with E-state index in [1.54, 1.807) is 0 Å². The minimum atomic E-state index is -0.0604. The highest BCUT2D eigenvalue weighted by atomic mass is 127. The lowest BCUT2D eigenvalue weighted by Crippen LogP contribution is -2.44. The zero-order chi connectivity index (χ0) is 19.6. The molecule has 2 atom stereocenters. The van der Waals surface area contributed by atoms with E-state index in [4.69, 9.17) is 4.74 Å². The summed E-state index contributed by atoms with van der Waals surface area (Å²) in [6.45, 7) is 11.3. The van der Waals surface area contributed by atoms with Crippen LogP contribution in [0.15, 0.2) is 29.3 Å². The van der Waals surface area contributed by atoms with Crippen molar-refractivity contribution in [1.82, 2.24) is 16.0 Å². The third kappa shape index (κ3) is 8.34. The standard InChI is InChI=1S/C21H34N4O2.HI/c1-5-22-21(25-16(4)15(2)3)24-13-17-8-6-9-18(12-17)20(26)23-14-19-10-7-11-27-19;/h6,8-9,12,15-16,19H,5,7,10-11,13-14H2,1-4H3,(H,23,26)(H2,22,24,25);1H. The number of carbonyl (C=O) groups is 1. The van der Waals surface area contributed by atoms with Crippen molar-refractivity contribution in [3.63, 3.8) is 0 Å². The second-order valence-corrected chi connectivity index (χ2v) is 7.42. The van der Waals surface area contributed by atoms with Gasteiger partial charge in [0.2, 0.25) is 0 Å². The molecule has 0 bridgehead atoms. The maximum atomic E-state index is 12.4. The van der Waals surface area contributed by atoms with Gasteiger partial charge >= 0.3 is 0 Å². The topological polar surface area (TPSA) is 74.8 Å². The highest BCUT2D eigenvalue weighted by molar-refractivity contribution is 14.0. The molecule has 1 aliphatic heterocycles. The Hall–Kier alpha value is -1.35. The Morgan fingerprint density at radius 3 is 2.71 bits per heavy atom. The molecule has 6 nitrogen and oxygen atoms in total. The van der Waals surface area contributed by atoms with Crippen LogP contribution in [-0.2, 0) is 11.3 Å². The Bertz CT molecular complexity index is 631. The molecule has 1 amide bonds. The smallest absolute Gasteiger partial charge is 0.251 e. The van der Waals surface area contributed by atoms with Gasteiger partial charge in [-0.15, -0.1) is 24.0 Å². The Balaban J connectivity index is 0.00000392. The van der Waals surface area contributed by atoms with Crippen molar-refractivity contribution in [2.24, 2.45) is 10.9 Å². The van der Waals surface area contributed by atoms with E-state index in [-0.39, 0.29) is 36.0 Å². The molecule has 0 aromatic heterocycles. The van der Waals surface area contributed by atoms with Crippen molar-refractivity contribution in [2.45, 2.75) is 59.2 Å². The molecule has 2 rings (SSSR count). The molecule has 1 aromatic rings. The first-order valence-electron chi connectivity index (χ1n) is 10.0. The fourth-order valence-corrected chi connectivity index (χ4v) is 2.80. The number of rotatable bonds is 8. The molecular weight excluding hydrogens is 467 g/mol. The molecule has 1 aliphatic rings. The predicted octanol–water partition coefficient (Wildman–Crippen LogP) is 3.31. The van der Waals surface area contributed by atoms with Crippen molar-refractivity contribution in [3.05, 3.63) is 35.4 Å². The van der Waals surface area contributed by atoms with Crippen molar-refractivity contribution < 1.29 is 9.53 Å². The summed E-state index contributed by atoms with van der Waals surface area (Å²) in [6.07, 6.45) is 2.24. The summed E-state index contributed by atoms with van der Waals surface area (Å²) in [6, 6.07) is 7.97. The number of guanidine groups is 1. The number of nitrogens with zero attached hydrogens (tertiary/aromatic N) is 1. The van der Waals surface area contributed by atoms with E-state index >= 15 is 0 Å².